The Morgan fingerprint density at radius 1 is 1.40 bits per heavy atom. The zero-order valence-electron chi connectivity index (χ0n) is 10.0. The molecule has 82 valence electrons. The fraction of sp³-hybridized carbons (Fsp3) is 0.500. The molecule has 1 aromatic rings. The first-order chi connectivity index (χ1) is 6.91. The Kier molecular flexibility index (Phi) is 3.45. The van der Waals surface area contributed by atoms with Gasteiger partial charge in [0.15, 0.2) is 0 Å². The van der Waals surface area contributed by atoms with Crippen LogP contribution in [0.4, 0.5) is 0 Å². The lowest BCUT2D eigenvalue weighted by atomic mass is 10.1. The van der Waals surface area contributed by atoms with Gasteiger partial charge in [-0.1, -0.05) is 0 Å². The van der Waals surface area contributed by atoms with E-state index in [4.69, 9.17) is 0 Å². The Balaban J connectivity index is 3.00. The van der Waals surface area contributed by atoms with E-state index in [9.17, 15) is 4.79 Å². The molecule has 0 bridgehead atoms. The molecule has 1 rings (SSSR count). The van der Waals surface area contributed by atoms with Crippen LogP contribution in [0.5, 0.6) is 0 Å². The molecule has 1 amide bonds. The van der Waals surface area contributed by atoms with E-state index in [0.717, 1.165) is 11.4 Å². The normalized spacial score (nSPS) is 12.3. The van der Waals surface area contributed by atoms with Gasteiger partial charge in [-0.15, -0.1) is 0 Å². The van der Waals surface area contributed by atoms with Gasteiger partial charge in [0, 0.05) is 12.6 Å². The molecule has 0 spiro atoms. The average Bonchev–Trinajstić information content (AvgIpc) is 2.12. The Labute approximate surface area is 90.9 Å². The first-order valence-electron chi connectivity index (χ1n) is 5.13. The molecule has 3 heteroatoms. The fourth-order valence-electron chi connectivity index (χ4n) is 1.53. The lowest BCUT2D eigenvalue weighted by Crippen LogP contribution is -2.24. The minimum absolute atomic E-state index is 0.0273. The van der Waals surface area contributed by atoms with E-state index in [1.807, 2.05) is 19.9 Å². The maximum absolute atomic E-state index is 10.9. The van der Waals surface area contributed by atoms with Crippen LogP contribution in [0.1, 0.15) is 42.4 Å². The van der Waals surface area contributed by atoms with Crippen LogP contribution in [-0.2, 0) is 4.79 Å². The van der Waals surface area contributed by atoms with Crippen LogP contribution in [0.25, 0.3) is 0 Å². The van der Waals surface area contributed by atoms with E-state index < -0.39 is 0 Å². The van der Waals surface area contributed by atoms with Crippen LogP contribution in [-0.4, -0.2) is 10.9 Å². The number of hydrogen-bond acceptors (Lipinski definition) is 2. The van der Waals surface area contributed by atoms with Crippen molar-refractivity contribution in [2.24, 2.45) is 0 Å². The van der Waals surface area contributed by atoms with Gasteiger partial charge in [-0.2, -0.15) is 0 Å². The molecule has 0 saturated heterocycles. The third-order valence-electron chi connectivity index (χ3n) is 2.66. The van der Waals surface area contributed by atoms with Crippen LogP contribution >= 0.6 is 0 Å². The summed E-state index contributed by atoms with van der Waals surface area (Å²) in [7, 11) is 0. The summed E-state index contributed by atoms with van der Waals surface area (Å²) in [5.41, 5.74) is 4.39. The van der Waals surface area contributed by atoms with Crippen molar-refractivity contribution in [3.8, 4) is 0 Å². The summed E-state index contributed by atoms with van der Waals surface area (Å²) in [4.78, 5) is 15.4. The van der Waals surface area contributed by atoms with Crippen molar-refractivity contribution in [3.63, 3.8) is 0 Å². The van der Waals surface area contributed by atoms with Crippen LogP contribution < -0.4 is 5.32 Å². The first-order valence-corrected chi connectivity index (χ1v) is 5.13. The number of carbonyl (C=O) groups excluding carboxylic acids is 1. The summed E-state index contributed by atoms with van der Waals surface area (Å²) in [6, 6.07) is 2.00. The molecule has 1 heterocycles. The number of rotatable bonds is 2. The lowest BCUT2D eigenvalue weighted by molar-refractivity contribution is -0.119. The highest BCUT2D eigenvalue weighted by molar-refractivity contribution is 5.73. The molecule has 1 aromatic heterocycles. The smallest absolute Gasteiger partial charge is 0.217 e. The molecule has 0 unspecified atom stereocenters. The Morgan fingerprint density at radius 3 is 2.47 bits per heavy atom. The highest BCUT2D eigenvalue weighted by Gasteiger charge is 2.10. The zero-order chi connectivity index (χ0) is 11.6. The summed E-state index contributed by atoms with van der Waals surface area (Å²) < 4.78 is 0. The second-order valence-corrected chi connectivity index (χ2v) is 4.00. The van der Waals surface area contributed by atoms with E-state index in [1.165, 1.54) is 18.1 Å². The molecule has 15 heavy (non-hydrogen) atoms. The SMILES string of the molecule is CC(=O)N[C@@H](C)c1cc(C)c(C)c(C)n1. The molecule has 0 aliphatic heterocycles. The number of hydrogen-bond donors (Lipinski definition) is 1. The maximum atomic E-state index is 10.9. The minimum Gasteiger partial charge on any atom is -0.348 e. The number of pyridine rings is 1. The van der Waals surface area contributed by atoms with Crippen LogP contribution in [0.15, 0.2) is 6.07 Å². The van der Waals surface area contributed by atoms with Gasteiger partial charge >= 0.3 is 0 Å². The molecular formula is C12H18N2O. The molecule has 0 aromatic carbocycles. The fourth-order valence-corrected chi connectivity index (χ4v) is 1.53. The molecule has 0 radical (unpaired) electrons. The predicted molar refractivity (Wildman–Crippen MR) is 60.7 cm³/mol. The van der Waals surface area contributed by atoms with Crippen molar-refractivity contribution < 1.29 is 4.79 Å². The molecule has 3 nitrogen and oxygen atoms in total. The van der Waals surface area contributed by atoms with Crippen molar-refractivity contribution >= 4 is 5.91 Å². The van der Waals surface area contributed by atoms with Crippen molar-refractivity contribution in [2.75, 3.05) is 0 Å². The van der Waals surface area contributed by atoms with E-state index in [2.05, 4.69) is 24.1 Å². The lowest BCUT2D eigenvalue weighted by Gasteiger charge is -2.14. The third-order valence-corrected chi connectivity index (χ3v) is 2.66. The minimum atomic E-state index is -0.0276. The summed E-state index contributed by atoms with van der Waals surface area (Å²) >= 11 is 0. The van der Waals surface area contributed by atoms with Gasteiger partial charge in [0.25, 0.3) is 0 Å². The van der Waals surface area contributed by atoms with Gasteiger partial charge in [-0.05, 0) is 44.9 Å². The highest BCUT2D eigenvalue weighted by Crippen LogP contribution is 2.16. The van der Waals surface area contributed by atoms with Gasteiger partial charge < -0.3 is 5.32 Å². The number of nitrogens with one attached hydrogen (secondary N) is 1. The number of carbonyl (C=O) groups is 1. The third kappa shape index (κ3) is 2.78. The maximum Gasteiger partial charge on any atom is 0.217 e. The summed E-state index contributed by atoms with van der Waals surface area (Å²) in [5.74, 6) is -0.0276. The van der Waals surface area contributed by atoms with E-state index in [0.29, 0.717) is 0 Å². The van der Waals surface area contributed by atoms with Crippen molar-refractivity contribution in [3.05, 3.63) is 28.6 Å². The van der Waals surface area contributed by atoms with Crippen LogP contribution in [0, 0.1) is 20.8 Å². The van der Waals surface area contributed by atoms with Gasteiger partial charge in [0.2, 0.25) is 5.91 Å². The standard InChI is InChI=1S/C12H18N2O/c1-7-6-12(10(4)13-11(5)15)14-9(3)8(7)2/h6,10H,1-5H3,(H,13,15)/t10-/m0/s1. The van der Waals surface area contributed by atoms with Gasteiger partial charge in [-0.3, -0.25) is 9.78 Å². The van der Waals surface area contributed by atoms with Gasteiger partial charge in [-0.25, -0.2) is 0 Å². The summed E-state index contributed by atoms with van der Waals surface area (Å²) in [5, 5.41) is 2.83. The van der Waals surface area contributed by atoms with Gasteiger partial charge in [0.05, 0.1) is 11.7 Å². The van der Waals surface area contributed by atoms with Crippen molar-refractivity contribution in [2.45, 2.75) is 40.7 Å². The van der Waals surface area contributed by atoms with Crippen LogP contribution in [0.2, 0.25) is 0 Å². The molecule has 0 saturated carbocycles. The number of nitrogens with zero attached hydrogens (tertiary/aromatic N) is 1. The molecular weight excluding hydrogens is 188 g/mol. The molecule has 0 aliphatic rings. The number of amides is 1. The quantitative estimate of drug-likeness (QED) is 0.806. The molecule has 1 N–H and O–H groups in total. The molecule has 0 aliphatic carbocycles. The Morgan fingerprint density at radius 2 is 2.00 bits per heavy atom. The summed E-state index contributed by atoms with van der Waals surface area (Å²) in [6.07, 6.45) is 0. The van der Waals surface area contributed by atoms with Crippen LogP contribution in [0.3, 0.4) is 0 Å². The zero-order valence-corrected chi connectivity index (χ0v) is 10.0. The first kappa shape index (κ1) is 11.7. The monoisotopic (exact) mass is 206 g/mol. The number of aryl methyl sites for hydroxylation is 2. The topological polar surface area (TPSA) is 42.0 Å². The molecule has 0 fully saturated rings. The molecule has 1 atom stereocenters. The second kappa shape index (κ2) is 4.43. The highest BCUT2D eigenvalue weighted by atomic mass is 16.1. The van der Waals surface area contributed by atoms with E-state index in [-0.39, 0.29) is 11.9 Å². The summed E-state index contributed by atoms with van der Waals surface area (Å²) in [6.45, 7) is 9.58. The second-order valence-electron chi connectivity index (χ2n) is 4.00. The predicted octanol–water partition coefficient (Wildman–Crippen LogP) is 2.20. The largest absolute Gasteiger partial charge is 0.348 e. The van der Waals surface area contributed by atoms with Crippen molar-refractivity contribution in [1.29, 1.82) is 0 Å². The Bertz CT molecular complexity index is 362. The average molecular weight is 206 g/mol. The van der Waals surface area contributed by atoms with E-state index >= 15 is 0 Å². The van der Waals surface area contributed by atoms with Crippen molar-refractivity contribution in [1.82, 2.24) is 10.3 Å². The van der Waals surface area contributed by atoms with Gasteiger partial charge in [0.1, 0.15) is 0 Å². The number of aromatic nitrogens is 1. The Hall–Kier alpha value is -1.38. The van der Waals surface area contributed by atoms with E-state index in [1.54, 1.807) is 0 Å².